The second kappa shape index (κ2) is 15.3. The third kappa shape index (κ3) is 8.51. The van der Waals surface area contributed by atoms with E-state index in [0.29, 0.717) is 34.0 Å². The quantitative estimate of drug-likeness (QED) is 0.256. The fraction of sp³-hybridized carbons (Fsp3) is 0.226. The Kier molecular flexibility index (Phi) is 12.1. The van der Waals surface area contributed by atoms with E-state index in [9.17, 15) is 19.1 Å². The van der Waals surface area contributed by atoms with Crippen LogP contribution in [0.15, 0.2) is 77.2 Å². The maximum absolute atomic E-state index is 13.5. The van der Waals surface area contributed by atoms with Gasteiger partial charge in [-0.05, 0) is 90.1 Å². The molecule has 0 aliphatic carbocycles. The van der Waals surface area contributed by atoms with Gasteiger partial charge in [-0.2, -0.15) is 11.8 Å². The number of furan rings is 1. The molecule has 6 nitrogen and oxygen atoms in total. The summed E-state index contributed by atoms with van der Waals surface area (Å²) in [6.07, 6.45) is 2.14. The van der Waals surface area contributed by atoms with Crippen LogP contribution in [0.25, 0.3) is 22.5 Å². The zero-order valence-electron chi connectivity index (χ0n) is 23.0. The monoisotopic (exact) mass is 587 g/mol. The molecule has 41 heavy (non-hydrogen) atoms. The van der Waals surface area contributed by atoms with Crippen LogP contribution < -0.4 is 29.3 Å². The predicted octanol–water partition coefficient (Wildman–Crippen LogP) is 3.04. The number of carbonyl (C=O) groups is 2. The van der Waals surface area contributed by atoms with Crippen molar-refractivity contribution in [3.05, 3.63) is 106 Å². The minimum Gasteiger partial charge on any atom is -0.548 e. The van der Waals surface area contributed by atoms with Crippen LogP contribution in [0.5, 0.6) is 0 Å². The average Bonchev–Trinajstić information content (AvgIpc) is 3.41. The van der Waals surface area contributed by atoms with Crippen molar-refractivity contribution < 1.29 is 47.1 Å². The fourth-order valence-corrected chi connectivity index (χ4v) is 4.88. The number of carbonyl (C=O) groups excluding carboxylic acids is 2. The normalized spacial score (nSPS) is 11.5. The van der Waals surface area contributed by atoms with Gasteiger partial charge >= 0.3 is 18.9 Å². The van der Waals surface area contributed by atoms with Crippen molar-refractivity contribution in [1.82, 2.24) is 5.32 Å². The van der Waals surface area contributed by atoms with E-state index in [1.165, 1.54) is 23.9 Å². The largest absolute Gasteiger partial charge is 1.00 e. The molecule has 4 aromatic rings. The molecule has 0 bridgehead atoms. The Morgan fingerprint density at radius 1 is 1.05 bits per heavy atom. The van der Waals surface area contributed by atoms with Crippen molar-refractivity contribution in [3.63, 3.8) is 0 Å². The van der Waals surface area contributed by atoms with Crippen LogP contribution in [0.4, 0.5) is 4.39 Å². The summed E-state index contributed by atoms with van der Waals surface area (Å²) >= 11 is 7.38. The van der Waals surface area contributed by atoms with Crippen LogP contribution in [0.2, 0.25) is 5.02 Å². The molecule has 0 spiro atoms. The molecule has 1 heterocycles. The number of halogens is 2. The number of hydrogen-bond donors (Lipinski definition) is 1. The summed E-state index contributed by atoms with van der Waals surface area (Å²) in [6.45, 7) is 2.39. The molecule has 0 saturated heterocycles. The summed E-state index contributed by atoms with van der Waals surface area (Å²) in [4.78, 5) is 24.8. The molecule has 0 radical (unpaired) electrons. The molecule has 4 rings (SSSR count). The molecular formula is C31H28ClFLiNO5S. The number of carboxylic acid groups (broad SMARTS) is 1. The Bertz CT molecular complexity index is 1510. The van der Waals surface area contributed by atoms with Crippen LogP contribution in [0, 0.1) is 12.7 Å². The number of nitrogens with one attached hydrogen (secondary N) is 1. The molecule has 10 heteroatoms. The summed E-state index contributed by atoms with van der Waals surface area (Å²) in [5.74, 6) is -0.578. The molecule has 1 aromatic heterocycles. The molecule has 1 atom stereocenters. The number of carboxylic acids is 1. The molecule has 0 saturated carbocycles. The Morgan fingerprint density at radius 3 is 2.54 bits per heavy atom. The van der Waals surface area contributed by atoms with Gasteiger partial charge in [0.15, 0.2) is 0 Å². The number of aryl methyl sites for hydroxylation is 1. The van der Waals surface area contributed by atoms with E-state index < -0.39 is 23.7 Å². The van der Waals surface area contributed by atoms with E-state index in [4.69, 9.17) is 20.8 Å². The fourth-order valence-electron chi connectivity index (χ4n) is 4.23. The van der Waals surface area contributed by atoms with Crippen molar-refractivity contribution in [2.75, 3.05) is 12.0 Å². The Hall–Kier alpha value is -2.99. The number of aliphatic carboxylic acids is 1. The van der Waals surface area contributed by atoms with Gasteiger partial charge in [-0.3, -0.25) is 4.79 Å². The van der Waals surface area contributed by atoms with Gasteiger partial charge in [-0.25, -0.2) is 4.39 Å². The zero-order valence-corrected chi connectivity index (χ0v) is 24.6. The van der Waals surface area contributed by atoms with Crippen molar-refractivity contribution >= 4 is 35.2 Å². The molecule has 3 aromatic carbocycles. The first-order valence-electron chi connectivity index (χ1n) is 12.6. The Balaban J connectivity index is 0.00000462. The maximum atomic E-state index is 13.5. The van der Waals surface area contributed by atoms with Crippen molar-refractivity contribution in [2.24, 2.45) is 0 Å². The van der Waals surface area contributed by atoms with E-state index in [1.807, 2.05) is 43.5 Å². The van der Waals surface area contributed by atoms with Gasteiger partial charge < -0.3 is 24.4 Å². The molecule has 0 aliphatic heterocycles. The number of hydrogen-bond acceptors (Lipinski definition) is 6. The predicted molar refractivity (Wildman–Crippen MR) is 153 cm³/mol. The van der Waals surface area contributed by atoms with E-state index in [-0.39, 0.29) is 43.5 Å². The first-order valence-corrected chi connectivity index (χ1v) is 14.4. The van der Waals surface area contributed by atoms with Gasteiger partial charge in [0.1, 0.15) is 23.9 Å². The minimum atomic E-state index is -1.31. The van der Waals surface area contributed by atoms with Crippen molar-refractivity contribution in [1.29, 1.82) is 0 Å². The first-order chi connectivity index (χ1) is 19.3. The van der Waals surface area contributed by atoms with Crippen LogP contribution in [-0.4, -0.2) is 29.9 Å². The average molecular weight is 588 g/mol. The standard InChI is InChI=1S/C31H29ClFNO5S.Li/c1-19-5-3-4-6-23(19)25-15-20(7-10-24(25)30(35)34-28(31(36)37)13-14-40-2)17-38-18-22-9-12-29(39-22)21-8-11-27(33)26(32)16-21;/h3-12,15-16,28H,13-14,17-18H2,1-2H3,(H,34,35)(H,36,37);/q;+1/p-1/t28-;/m0./s1. The molecule has 0 aliphatic rings. The van der Waals surface area contributed by atoms with Gasteiger partial charge in [0.05, 0.1) is 23.6 Å². The summed E-state index contributed by atoms with van der Waals surface area (Å²) < 4.78 is 25.2. The Labute approximate surface area is 259 Å². The second-order valence-corrected chi connectivity index (χ2v) is 10.6. The van der Waals surface area contributed by atoms with Gasteiger partial charge in [0.25, 0.3) is 5.91 Å². The number of benzene rings is 3. The van der Waals surface area contributed by atoms with E-state index in [1.54, 1.807) is 30.3 Å². The number of ether oxygens (including phenoxy) is 1. The molecule has 1 amide bonds. The number of amides is 1. The smallest absolute Gasteiger partial charge is 0.548 e. The van der Waals surface area contributed by atoms with Gasteiger partial charge in [-0.1, -0.05) is 41.9 Å². The van der Waals surface area contributed by atoms with E-state index in [0.717, 1.165) is 16.7 Å². The maximum Gasteiger partial charge on any atom is 1.00 e. The van der Waals surface area contributed by atoms with Crippen LogP contribution >= 0.6 is 23.4 Å². The van der Waals surface area contributed by atoms with E-state index in [2.05, 4.69) is 5.32 Å². The molecule has 0 unspecified atom stereocenters. The molecule has 0 fully saturated rings. The molecule has 1 N–H and O–H groups in total. The topological polar surface area (TPSA) is 91.6 Å². The summed E-state index contributed by atoms with van der Waals surface area (Å²) in [7, 11) is 0. The molecule has 208 valence electrons. The molecular weight excluding hydrogens is 560 g/mol. The van der Waals surface area contributed by atoms with Crippen molar-refractivity contribution in [2.45, 2.75) is 32.6 Å². The van der Waals surface area contributed by atoms with Crippen LogP contribution in [0.1, 0.15) is 33.7 Å². The Morgan fingerprint density at radius 2 is 1.83 bits per heavy atom. The van der Waals surface area contributed by atoms with Gasteiger partial charge in [0, 0.05) is 11.1 Å². The first kappa shape index (κ1) is 32.5. The van der Waals surface area contributed by atoms with Gasteiger partial charge in [-0.15, -0.1) is 0 Å². The van der Waals surface area contributed by atoms with Crippen molar-refractivity contribution in [3.8, 4) is 22.5 Å². The third-order valence-electron chi connectivity index (χ3n) is 6.34. The summed E-state index contributed by atoms with van der Waals surface area (Å²) in [6, 6.07) is 19.9. The van der Waals surface area contributed by atoms with E-state index >= 15 is 0 Å². The number of rotatable bonds is 12. The summed E-state index contributed by atoms with van der Waals surface area (Å²) in [5, 5.41) is 14.2. The second-order valence-electron chi connectivity index (χ2n) is 9.21. The number of thioether (sulfide) groups is 1. The third-order valence-corrected chi connectivity index (χ3v) is 7.28. The summed E-state index contributed by atoms with van der Waals surface area (Å²) in [5.41, 5.74) is 4.35. The van der Waals surface area contributed by atoms with Crippen LogP contribution in [0.3, 0.4) is 0 Å². The SMILES string of the molecule is CSCC[C@H](NC(=O)c1ccc(COCc2ccc(-c3ccc(F)c(Cl)c3)o2)cc1-c1ccccc1C)C(=O)[O-].[Li+]. The van der Waals surface area contributed by atoms with Gasteiger partial charge in [0.2, 0.25) is 0 Å². The minimum absolute atomic E-state index is 0. The van der Waals surface area contributed by atoms with Crippen LogP contribution in [-0.2, 0) is 22.7 Å². The zero-order chi connectivity index (χ0) is 28.6.